The van der Waals surface area contributed by atoms with Crippen molar-refractivity contribution in [3.05, 3.63) is 17.2 Å². The predicted molar refractivity (Wildman–Crippen MR) is 58.3 cm³/mol. The zero-order valence-electron chi connectivity index (χ0n) is 9.06. The topological polar surface area (TPSA) is 93.4 Å². The molecule has 1 unspecified atom stereocenters. The van der Waals surface area contributed by atoms with Crippen LogP contribution in [0, 0.1) is 6.92 Å². The number of rotatable bonds is 2. The van der Waals surface area contributed by atoms with E-state index in [-0.39, 0.29) is 6.10 Å². The molecule has 1 aromatic heterocycles. The number of imidazole rings is 1. The summed E-state index contributed by atoms with van der Waals surface area (Å²) < 4.78 is 5.51. The SMILES string of the molecule is Cc1nc(C(=O)N=CN)c(C2CCCO2)[nH]1. The predicted octanol–water partition coefficient (Wildman–Crippen LogP) is 0.697. The largest absolute Gasteiger partial charge is 0.390 e. The summed E-state index contributed by atoms with van der Waals surface area (Å²) in [5, 5.41) is 0. The van der Waals surface area contributed by atoms with Crippen LogP contribution in [0.2, 0.25) is 0 Å². The molecule has 0 saturated carbocycles. The Morgan fingerprint density at radius 3 is 3.19 bits per heavy atom. The van der Waals surface area contributed by atoms with E-state index in [2.05, 4.69) is 15.0 Å². The second-order valence-electron chi connectivity index (χ2n) is 3.67. The van der Waals surface area contributed by atoms with Gasteiger partial charge in [0.1, 0.15) is 5.82 Å². The highest BCUT2D eigenvalue weighted by Crippen LogP contribution is 2.29. The summed E-state index contributed by atoms with van der Waals surface area (Å²) in [6.07, 6.45) is 2.80. The number of nitrogens with one attached hydrogen (secondary N) is 1. The molecule has 0 aliphatic carbocycles. The van der Waals surface area contributed by atoms with E-state index in [1.54, 1.807) is 6.92 Å². The lowest BCUT2D eigenvalue weighted by atomic mass is 10.1. The van der Waals surface area contributed by atoms with Gasteiger partial charge in [-0.2, -0.15) is 4.99 Å². The molecule has 0 aromatic carbocycles. The lowest BCUT2D eigenvalue weighted by molar-refractivity contribution is 0.0960. The zero-order valence-corrected chi connectivity index (χ0v) is 9.06. The van der Waals surface area contributed by atoms with Crippen LogP contribution in [0.4, 0.5) is 0 Å². The first-order valence-electron chi connectivity index (χ1n) is 5.19. The molecule has 1 fully saturated rings. The van der Waals surface area contributed by atoms with Gasteiger partial charge in [-0.25, -0.2) is 4.98 Å². The molecule has 0 spiro atoms. The molecule has 6 nitrogen and oxygen atoms in total. The van der Waals surface area contributed by atoms with Crippen molar-refractivity contribution in [2.45, 2.75) is 25.9 Å². The average Bonchev–Trinajstić information content (AvgIpc) is 2.85. The molecule has 1 aromatic rings. The summed E-state index contributed by atoms with van der Waals surface area (Å²) in [5.74, 6) is 0.249. The quantitative estimate of drug-likeness (QED) is 0.569. The number of nitrogens with zero attached hydrogens (tertiary/aromatic N) is 2. The number of aliphatic imine (C=N–C) groups is 1. The first-order chi connectivity index (χ1) is 7.72. The smallest absolute Gasteiger partial charge is 0.298 e. The van der Waals surface area contributed by atoms with Crippen molar-refractivity contribution in [2.24, 2.45) is 10.7 Å². The lowest BCUT2D eigenvalue weighted by Gasteiger charge is -2.07. The van der Waals surface area contributed by atoms with E-state index >= 15 is 0 Å². The number of nitrogens with two attached hydrogens (primary N) is 1. The Labute approximate surface area is 92.9 Å². The van der Waals surface area contributed by atoms with Gasteiger partial charge in [-0.1, -0.05) is 0 Å². The molecule has 16 heavy (non-hydrogen) atoms. The van der Waals surface area contributed by atoms with Gasteiger partial charge in [-0.3, -0.25) is 4.79 Å². The molecule has 1 aliphatic rings. The van der Waals surface area contributed by atoms with E-state index < -0.39 is 5.91 Å². The van der Waals surface area contributed by atoms with Crippen LogP contribution in [0.25, 0.3) is 0 Å². The van der Waals surface area contributed by atoms with Crippen LogP contribution in [0.5, 0.6) is 0 Å². The fourth-order valence-corrected chi connectivity index (χ4v) is 1.84. The van der Waals surface area contributed by atoms with Crippen molar-refractivity contribution < 1.29 is 9.53 Å². The number of H-pyrrole nitrogens is 1. The van der Waals surface area contributed by atoms with E-state index in [9.17, 15) is 4.79 Å². The molecule has 1 aliphatic heterocycles. The molecule has 2 heterocycles. The summed E-state index contributed by atoms with van der Waals surface area (Å²) in [6.45, 7) is 2.51. The number of carbonyl (C=O) groups excluding carboxylic acids is 1. The third-order valence-electron chi connectivity index (χ3n) is 2.50. The van der Waals surface area contributed by atoms with Gasteiger partial charge in [0.05, 0.1) is 18.1 Å². The summed E-state index contributed by atoms with van der Waals surface area (Å²) in [6, 6.07) is 0. The lowest BCUT2D eigenvalue weighted by Crippen LogP contribution is -2.07. The minimum absolute atomic E-state index is 0.0758. The number of ether oxygens (including phenoxy) is 1. The minimum atomic E-state index is -0.433. The second kappa shape index (κ2) is 4.44. The van der Waals surface area contributed by atoms with Gasteiger partial charge in [0.15, 0.2) is 5.69 Å². The fourth-order valence-electron chi connectivity index (χ4n) is 1.84. The molecular weight excluding hydrogens is 208 g/mol. The fraction of sp³-hybridized carbons (Fsp3) is 0.500. The number of aromatic amines is 1. The molecule has 3 N–H and O–H groups in total. The zero-order chi connectivity index (χ0) is 11.5. The van der Waals surface area contributed by atoms with Crippen molar-refractivity contribution in [1.29, 1.82) is 0 Å². The van der Waals surface area contributed by atoms with Crippen LogP contribution in [0.1, 0.15) is 41.0 Å². The molecule has 1 amide bonds. The minimum Gasteiger partial charge on any atom is -0.390 e. The van der Waals surface area contributed by atoms with Crippen molar-refractivity contribution in [1.82, 2.24) is 9.97 Å². The number of carbonyl (C=O) groups is 1. The third-order valence-corrected chi connectivity index (χ3v) is 2.50. The summed E-state index contributed by atoms with van der Waals surface area (Å²) >= 11 is 0. The van der Waals surface area contributed by atoms with Gasteiger partial charge in [-0.15, -0.1) is 0 Å². The molecule has 1 saturated heterocycles. The number of aryl methyl sites for hydroxylation is 1. The number of aromatic nitrogens is 2. The molecule has 86 valence electrons. The molecule has 2 rings (SSSR count). The molecule has 0 bridgehead atoms. The maximum Gasteiger partial charge on any atom is 0.298 e. The highest BCUT2D eigenvalue weighted by atomic mass is 16.5. The average molecular weight is 222 g/mol. The van der Waals surface area contributed by atoms with Gasteiger partial charge in [0.25, 0.3) is 5.91 Å². The Hall–Kier alpha value is -1.69. The molecule has 0 radical (unpaired) electrons. The van der Waals surface area contributed by atoms with E-state index in [4.69, 9.17) is 10.5 Å². The van der Waals surface area contributed by atoms with Crippen molar-refractivity contribution >= 4 is 12.2 Å². The standard InChI is InChI=1S/C10H14N4O2/c1-6-13-8(7-3-2-4-16-7)9(14-6)10(15)12-5-11/h5,7H,2-4H2,1H3,(H,13,14)(H2,11,12,15). The second-order valence-corrected chi connectivity index (χ2v) is 3.67. The number of hydrogen-bond acceptors (Lipinski definition) is 3. The van der Waals surface area contributed by atoms with E-state index in [0.29, 0.717) is 17.2 Å². The highest BCUT2D eigenvalue weighted by Gasteiger charge is 2.26. The van der Waals surface area contributed by atoms with Crippen LogP contribution in [0.3, 0.4) is 0 Å². The number of hydrogen-bond donors (Lipinski definition) is 2. The maximum atomic E-state index is 11.6. The van der Waals surface area contributed by atoms with Crippen LogP contribution in [0.15, 0.2) is 4.99 Å². The van der Waals surface area contributed by atoms with Gasteiger partial charge in [0.2, 0.25) is 0 Å². The Bertz CT molecular complexity index is 418. The highest BCUT2D eigenvalue weighted by molar-refractivity contribution is 5.98. The van der Waals surface area contributed by atoms with E-state index in [1.165, 1.54) is 0 Å². The first kappa shape index (κ1) is 10.8. The monoisotopic (exact) mass is 222 g/mol. The summed E-state index contributed by atoms with van der Waals surface area (Å²) in [5.41, 5.74) is 6.12. The van der Waals surface area contributed by atoms with Crippen molar-refractivity contribution in [3.8, 4) is 0 Å². The Kier molecular flexibility index (Phi) is 3.00. The molecular formula is C10H14N4O2. The third kappa shape index (κ3) is 1.96. The first-order valence-corrected chi connectivity index (χ1v) is 5.19. The van der Waals surface area contributed by atoms with Crippen molar-refractivity contribution in [2.75, 3.05) is 6.61 Å². The summed E-state index contributed by atoms with van der Waals surface area (Å²) in [4.78, 5) is 22.3. The number of amides is 1. The van der Waals surface area contributed by atoms with E-state index in [1.807, 2.05) is 0 Å². The molecule has 6 heteroatoms. The van der Waals surface area contributed by atoms with Gasteiger partial charge < -0.3 is 15.5 Å². The van der Waals surface area contributed by atoms with Crippen LogP contribution < -0.4 is 5.73 Å². The van der Waals surface area contributed by atoms with Crippen LogP contribution >= 0.6 is 0 Å². The Morgan fingerprint density at radius 1 is 1.75 bits per heavy atom. The summed E-state index contributed by atoms with van der Waals surface area (Å²) in [7, 11) is 0. The van der Waals surface area contributed by atoms with Gasteiger partial charge in [-0.05, 0) is 19.8 Å². The van der Waals surface area contributed by atoms with E-state index in [0.717, 1.165) is 25.8 Å². The van der Waals surface area contributed by atoms with Crippen LogP contribution in [-0.4, -0.2) is 28.8 Å². The van der Waals surface area contributed by atoms with Crippen molar-refractivity contribution in [3.63, 3.8) is 0 Å². The molecule has 1 atom stereocenters. The Morgan fingerprint density at radius 2 is 2.56 bits per heavy atom. The van der Waals surface area contributed by atoms with Gasteiger partial charge in [0, 0.05) is 6.61 Å². The maximum absolute atomic E-state index is 11.6. The normalized spacial score (nSPS) is 20.7. The van der Waals surface area contributed by atoms with Gasteiger partial charge >= 0.3 is 0 Å². The van der Waals surface area contributed by atoms with Crippen LogP contribution in [-0.2, 0) is 4.74 Å². The Balaban J connectivity index is 2.32.